The average Bonchev–Trinajstić information content (AvgIpc) is 2.49. The average molecular weight is 266 g/mol. The molecule has 0 aliphatic heterocycles. The van der Waals surface area contributed by atoms with Gasteiger partial charge < -0.3 is 5.11 Å². The van der Waals surface area contributed by atoms with Crippen LogP contribution < -0.4 is 0 Å². The van der Waals surface area contributed by atoms with E-state index < -0.39 is 0 Å². The van der Waals surface area contributed by atoms with Crippen LogP contribution in [0.2, 0.25) is 0 Å². The fourth-order valence-electron chi connectivity index (χ4n) is 2.27. The third-order valence-corrected chi connectivity index (χ3v) is 3.34. The predicted octanol–water partition coefficient (Wildman–Crippen LogP) is 4.26. The molecule has 104 valence electrons. The highest BCUT2D eigenvalue weighted by Gasteiger charge is 1.93. The number of benzene rings is 2. The van der Waals surface area contributed by atoms with Gasteiger partial charge in [0.1, 0.15) is 0 Å². The summed E-state index contributed by atoms with van der Waals surface area (Å²) in [6, 6.07) is 19.0. The lowest BCUT2D eigenvalue weighted by Gasteiger charge is -2.00. The lowest BCUT2D eigenvalue weighted by Crippen LogP contribution is -1.90. The summed E-state index contributed by atoms with van der Waals surface area (Å²) in [5.41, 5.74) is 3.82. The topological polar surface area (TPSA) is 20.2 Å². The van der Waals surface area contributed by atoms with Crippen molar-refractivity contribution in [1.82, 2.24) is 0 Å². The van der Waals surface area contributed by atoms with Gasteiger partial charge in [-0.15, -0.1) is 0 Å². The maximum atomic E-state index is 8.95. The highest BCUT2D eigenvalue weighted by atomic mass is 16.2. The summed E-state index contributed by atoms with van der Waals surface area (Å²) < 4.78 is 0. The van der Waals surface area contributed by atoms with E-state index >= 15 is 0 Å². The second-order valence-electron chi connectivity index (χ2n) is 5.00. The van der Waals surface area contributed by atoms with Gasteiger partial charge in [0.05, 0.1) is 0 Å². The molecule has 0 spiro atoms. The maximum Gasteiger partial charge on any atom is 0.0471 e. The molecule has 2 rings (SSSR count). The van der Waals surface area contributed by atoms with Crippen LogP contribution in [0, 0.1) is 0 Å². The summed E-state index contributed by atoms with van der Waals surface area (Å²) in [5.74, 6) is 0. The molecule has 0 radical (unpaired) electrons. The summed E-state index contributed by atoms with van der Waals surface area (Å²) in [6.07, 6.45) is 8.55. The molecular weight excluding hydrogens is 244 g/mol. The van der Waals surface area contributed by atoms with Crippen molar-refractivity contribution in [3.05, 3.63) is 77.4 Å². The molecule has 2 aromatic carbocycles. The first-order valence-corrected chi connectivity index (χ1v) is 7.29. The van der Waals surface area contributed by atoms with Crippen LogP contribution in [-0.2, 0) is 12.8 Å². The van der Waals surface area contributed by atoms with Crippen molar-refractivity contribution in [3.8, 4) is 0 Å². The lowest BCUT2D eigenvalue weighted by atomic mass is 10.1. The van der Waals surface area contributed by atoms with Crippen molar-refractivity contribution in [2.75, 3.05) is 6.61 Å². The molecule has 20 heavy (non-hydrogen) atoms. The summed E-state index contributed by atoms with van der Waals surface area (Å²) >= 11 is 0. The smallest absolute Gasteiger partial charge is 0.0471 e. The van der Waals surface area contributed by atoms with Gasteiger partial charge >= 0.3 is 0 Å². The van der Waals surface area contributed by atoms with Gasteiger partial charge in [0.2, 0.25) is 0 Å². The number of aryl methyl sites for hydroxylation is 1. The van der Waals surface area contributed by atoms with Crippen LogP contribution in [0.3, 0.4) is 0 Å². The Bertz CT molecular complexity index is 528. The van der Waals surface area contributed by atoms with Crippen LogP contribution in [-0.4, -0.2) is 11.7 Å². The molecule has 0 amide bonds. The molecule has 0 saturated heterocycles. The Morgan fingerprint density at radius 3 is 2.45 bits per heavy atom. The third-order valence-electron chi connectivity index (χ3n) is 3.34. The number of aliphatic hydroxyl groups excluding tert-OH is 1. The van der Waals surface area contributed by atoms with E-state index in [4.69, 9.17) is 5.11 Å². The van der Waals surface area contributed by atoms with Gasteiger partial charge in [-0.3, -0.25) is 0 Å². The van der Waals surface area contributed by atoms with Gasteiger partial charge in [-0.2, -0.15) is 0 Å². The quantitative estimate of drug-likeness (QED) is 0.742. The summed E-state index contributed by atoms with van der Waals surface area (Å²) in [4.78, 5) is 0. The molecule has 0 heterocycles. The molecule has 0 aliphatic rings. The summed E-state index contributed by atoms with van der Waals surface area (Å²) in [5, 5.41) is 8.95. The predicted molar refractivity (Wildman–Crippen MR) is 85.6 cm³/mol. The highest BCUT2D eigenvalue weighted by Crippen LogP contribution is 2.10. The van der Waals surface area contributed by atoms with Crippen molar-refractivity contribution in [2.45, 2.75) is 25.7 Å². The van der Waals surface area contributed by atoms with Crippen molar-refractivity contribution in [2.24, 2.45) is 0 Å². The summed E-state index contributed by atoms with van der Waals surface area (Å²) in [7, 11) is 0. The van der Waals surface area contributed by atoms with Crippen molar-refractivity contribution >= 4 is 6.08 Å². The van der Waals surface area contributed by atoms with Crippen molar-refractivity contribution in [1.29, 1.82) is 0 Å². The van der Waals surface area contributed by atoms with E-state index in [2.05, 4.69) is 66.7 Å². The molecule has 0 atom stereocenters. The zero-order valence-electron chi connectivity index (χ0n) is 11.8. The number of rotatable bonds is 7. The molecule has 0 bridgehead atoms. The van der Waals surface area contributed by atoms with E-state index in [1.807, 2.05) is 0 Å². The van der Waals surface area contributed by atoms with Crippen molar-refractivity contribution in [3.63, 3.8) is 0 Å². The number of hydrogen-bond donors (Lipinski definition) is 1. The number of aliphatic hydroxyl groups is 1. The van der Waals surface area contributed by atoms with Crippen LogP contribution in [0.15, 0.2) is 60.7 Å². The Balaban J connectivity index is 1.77. The zero-order valence-corrected chi connectivity index (χ0v) is 11.8. The Morgan fingerprint density at radius 1 is 0.850 bits per heavy atom. The normalized spacial score (nSPS) is 11.1. The van der Waals surface area contributed by atoms with E-state index in [1.165, 1.54) is 23.1 Å². The largest absolute Gasteiger partial charge is 0.396 e. The second kappa shape index (κ2) is 8.34. The minimum Gasteiger partial charge on any atom is -0.396 e. The van der Waals surface area contributed by atoms with E-state index in [0.29, 0.717) is 0 Å². The Kier molecular flexibility index (Phi) is 6.07. The van der Waals surface area contributed by atoms with Gasteiger partial charge in [0.15, 0.2) is 0 Å². The molecule has 1 heteroatoms. The van der Waals surface area contributed by atoms with Gasteiger partial charge in [0.25, 0.3) is 0 Å². The van der Waals surface area contributed by atoms with Crippen LogP contribution in [0.5, 0.6) is 0 Å². The van der Waals surface area contributed by atoms with Gasteiger partial charge in [0, 0.05) is 6.61 Å². The van der Waals surface area contributed by atoms with Gasteiger partial charge in [-0.25, -0.2) is 0 Å². The SMILES string of the molecule is OCCc1cccc(C=CCCCc2ccccc2)c1. The lowest BCUT2D eigenvalue weighted by molar-refractivity contribution is 0.299. The van der Waals surface area contributed by atoms with E-state index in [0.717, 1.165) is 19.3 Å². The molecule has 1 N–H and O–H groups in total. The number of unbranched alkanes of at least 4 members (excludes halogenated alkanes) is 1. The first-order valence-electron chi connectivity index (χ1n) is 7.29. The maximum absolute atomic E-state index is 8.95. The molecule has 0 fully saturated rings. The summed E-state index contributed by atoms with van der Waals surface area (Å²) in [6.45, 7) is 0.213. The second-order valence-corrected chi connectivity index (χ2v) is 5.00. The van der Waals surface area contributed by atoms with Crippen LogP contribution in [0.1, 0.15) is 29.5 Å². The molecule has 0 unspecified atom stereocenters. The van der Waals surface area contributed by atoms with E-state index in [9.17, 15) is 0 Å². The zero-order chi connectivity index (χ0) is 14.0. The first-order chi connectivity index (χ1) is 9.88. The van der Waals surface area contributed by atoms with Crippen LogP contribution in [0.4, 0.5) is 0 Å². The number of hydrogen-bond acceptors (Lipinski definition) is 1. The minimum absolute atomic E-state index is 0.213. The first kappa shape index (κ1) is 14.5. The Hall–Kier alpha value is -1.86. The van der Waals surface area contributed by atoms with Crippen LogP contribution >= 0.6 is 0 Å². The Morgan fingerprint density at radius 2 is 1.65 bits per heavy atom. The fourth-order valence-corrected chi connectivity index (χ4v) is 2.27. The standard InChI is InChI=1S/C19H22O/c20-15-14-19-13-7-12-18(16-19)11-6-2-5-10-17-8-3-1-4-9-17/h1,3-4,6-9,11-13,16,20H,2,5,10,14-15H2. The van der Waals surface area contributed by atoms with Crippen LogP contribution in [0.25, 0.3) is 6.08 Å². The van der Waals surface area contributed by atoms with Crippen molar-refractivity contribution < 1.29 is 5.11 Å². The number of allylic oxidation sites excluding steroid dienone is 1. The molecule has 0 aromatic heterocycles. The van der Waals surface area contributed by atoms with Gasteiger partial charge in [-0.1, -0.05) is 66.7 Å². The van der Waals surface area contributed by atoms with Gasteiger partial charge in [-0.05, 0) is 42.4 Å². The highest BCUT2D eigenvalue weighted by molar-refractivity contribution is 5.50. The molecule has 1 nitrogen and oxygen atoms in total. The van der Waals surface area contributed by atoms with E-state index in [1.54, 1.807) is 0 Å². The fraction of sp³-hybridized carbons (Fsp3) is 0.263. The Labute approximate surface area is 121 Å². The molecule has 0 aliphatic carbocycles. The monoisotopic (exact) mass is 266 g/mol. The molecular formula is C19H22O. The third kappa shape index (κ3) is 5.02. The van der Waals surface area contributed by atoms with E-state index in [-0.39, 0.29) is 6.61 Å². The molecule has 0 saturated carbocycles. The molecule has 2 aromatic rings. The minimum atomic E-state index is 0.213.